The third-order valence-corrected chi connectivity index (χ3v) is 5.44. The Morgan fingerprint density at radius 1 is 0.656 bits per heavy atom. The lowest BCUT2D eigenvalue weighted by Gasteiger charge is -2.35. The van der Waals surface area contributed by atoms with E-state index in [0.717, 1.165) is 11.1 Å². The van der Waals surface area contributed by atoms with Gasteiger partial charge in [0.2, 0.25) is 0 Å². The van der Waals surface area contributed by atoms with Gasteiger partial charge in [-0.2, -0.15) is 0 Å². The summed E-state index contributed by atoms with van der Waals surface area (Å²) in [7, 11) is 0. The van der Waals surface area contributed by atoms with Crippen LogP contribution in [0, 0.1) is 0 Å². The molecule has 1 aliphatic rings. The van der Waals surface area contributed by atoms with E-state index in [1.54, 1.807) is 34.1 Å². The highest BCUT2D eigenvalue weighted by atomic mass is 16.5. The largest absolute Gasteiger partial charge is 0.427 e. The molecule has 1 saturated heterocycles. The first-order chi connectivity index (χ1) is 15.5. The lowest BCUT2D eigenvalue weighted by Crippen LogP contribution is -2.50. The first-order valence-electron chi connectivity index (χ1n) is 10.5. The van der Waals surface area contributed by atoms with Gasteiger partial charge in [-0.3, -0.25) is 14.4 Å². The highest BCUT2D eigenvalue weighted by Crippen LogP contribution is 2.21. The Balaban J connectivity index is 1.36. The molecule has 162 valence electrons. The van der Waals surface area contributed by atoms with Crippen LogP contribution in [0.3, 0.4) is 0 Å². The number of amides is 2. The van der Waals surface area contributed by atoms with Gasteiger partial charge in [0.1, 0.15) is 5.75 Å². The van der Waals surface area contributed by atoms with Gasteiger partial charge in [-0.1, -0.05) is 48.5 Å². The van der Waals surface area contributed by atoms with Crippen molar-refractivity contribution in [1.29, 1.82) is 0 Å². The Hall–Kier alpha value is -3.93. The van der Waals surface area contributed by atoms with Crippen molar-refractivity contribution in [1.82, 2.24) is 9.80 Å². The van der Waals surface area contributed by atoms with Gasteiger partial charge in [0.15, 0.2) is 0 Å². The number of rotatable bonds is 4. The van der Waals surface area contributed by atoms with Crippen LogP contribution in [0.15, 0.2) is 78.9 Å². The van der Waals surface area contributed by atoms with Gasteiger partial charge in [0, 0.05) is 44.2 Å². The molecule has 4 rings (SSSR count). The predicted octanol–water partition coefficient (Wildman–Crippen LogP) is 3.88. The van der Waals surface area contributed by atoms with Crippen LogP contribution >= 0.6 is 0 Å². The molecule has 3 aromatic rings. The zero-order chi connectivity index (χ0) is 22.5. The maximum atomic E-state index is 12.9. The highest BCUT2D eigenvalue weighted by molar-refractivity contribution is 5.96. The van der Waals surface area contributed by atoms with Gasteiger partial charge in [-0.05, 0) is 41.5 Å². The summed E-state index contributed by atoms with van der Waals surface area (Å²) < 4.78 is 5.06. The average Bonchev–Trinajstić information content (AvgIpc) is 2.84. The topological polar surface area (TPSA) is 66.9 Å². The molecule has 0 unspecified atom stereocenters. The second-order valence-electron chi connectivity index (χ2n) is 7.65. The van der Waals surface area contributed by atoms with Crippen molar-refractivity contribution in [3.8, 4) is 16.9 Å². The maximum absolute atomic E-state index is 12.9. The first-order valence-corrected chi connectivity index (χ1v) is 10.5. The van der Waals surface area contributed by atoms with Gasteiger partial charge in [-0.25, -0.2) is 0 Å². The predicted molar refractivity (Wildman–Crippen MR) is 121 cm³/mol. The normalized spacial score (nSPS) is 13.5. The summed E-state index contributed by atoms with van der Waals surface area (Å²) in [5.74, 6) is -0.262. The lowest BCUT2D eigenvalue weighted by molar-refractivity contribution is -0.131. The van der Waals surface area contributed by atoms with Crippen LogP contribution in [-0.4, -0.2) is 53.8 Å². The number of ether oxygens (including phenoxy) is 1. The van der Waals surface area contributed by atoms with Gasteiger partial charge in [-0.15, -0.1) is 0 Å². The fourth-order valence-electron chi connectivity index (χ4n) is 3.77. The van der Waals surface area contributed by atoms with Crippen molar-refractivity contribution >= 4 is 17.8 Å². The Kier molecular flexibility index (Phi) is 6.31. The van der Waals surface area contributed by atoms with Crippen molar-refractivity contribution in [2.45, 2.75) is 6.92 Å². The molecule has 6 nitrogen and oxygen atoms in total. The molecule has 0 radical (unpaired) electrons. The highest BCUT2D eigenvalue weighted by Gasteiger charge is 2.25. The number of carbonyl (C=O) groups is 3. The molecule has 1 heterocycles. The molecule has 0 N–H and O–H groups in total. The minimum Gasteiger partial charge on any atom is -0.427 e. The minimum absolute atomic E-state index is 0.0337. The molecule has 3 aromatic carbocycles. The number of piperazine rings is 1. The van der Waals surface area contributed by atoms with E-state index in [1.165, 1.54) is 6.92 Å². The monoisotopic (exact) mass is 428 g/mol. The Bertz CT molecular complexity index is 1120. The molecular formula is C26H24N2O4. The molecule has 32 heavy (non-hydrogen) atoms. The molecular weight excluding hydrogens is 404 g/mol. The third kappa shape index (κ3) is 4.86. The zero-order valence-corrected chi connectivity index (χ0v) is 17.9. The molecule has 0 spiro atoms. The van der Waals surface area contributed by atoms with E-state index >= 15 is 0 Å². The molecule has 0 saturated carbocycles. The van der Waals surface area contributed by atoms with E-state index in [1.807, 2.05) is 54.6 Å². The molecule has 1 aliphatic heterocycles. The van der Waals surface area contributed by atoms with Gasteiger partial charge in [0.05, 0.1) is 0 Å². The molecule has 1 fully saturated rings. The summed E-state index contributed by atoms with van der Waals surface area (Å²) in [6.45, 7) is 3.15. The fourth-order valence-corrected chi connectivity index (χ4v) is 3.77. The molecule has 0 aliphatic carbocycles. The summed E-state index contributed by atoms with van der Waals surface area (Å²) in [5.41, 5.74) is 3.27. The number of hydrogen-bond acceptors (Lipinski definition) is 4. The van der Waals surface area contributed by atoms with E-state index in [9.17, 15) is 14.4 Å². The first kappa shape index (κ1) is 21.3. The van der Waals surface area contributed by atoms with Crippen molar-refractivity contribution in [3.63, 3.8) is 0 Å². The summed E-state index contributed by atoms with van der Waals surface area (Å²) in [6, 6.07) is 24.2. The standard InChI is InChI=1S/C26H24N2O4/c1-19(29)32-24-9-5-8-23(18-24)26(31)28-16-14-27(15-17-28)25(30)22-12-10-21(11-13-22)20-6-3-2-4-7-20/h2-13,18H,14-17H2,1H3. The number of carbonyl (C=O) groups excluding carboxylic acids is 3. The Labute approximate surface area is 187 Å². The second-order valence-corrected chi connectivity index (χ2v) is 7.65. The quantitative estimate of drug-likeness (QED) is 0.467. The fraction of sp³-hybridized carbons (Fsp3) is 0.192. The van der Waals surface area contributed by atoms with Gasteiger partial charge < -0.3 is 14.5 Å². The van der Waals surface area contributed by atoms with Crippen LogP contribution in [0.4, 0.5) is 0 Å². The van der Waals surface area contributed by atoms with Crippen molar-refractivity contribution in [3.05, 3.63) is 90.0 Å². The van der Waals surface area contributed by atoms with Crippen LogP contribution < -0.4 is 4.74 Å². The molecule has 0 aromatic heterocycles. The molecule has 0 atom stereocenters. The minimum atomic E-state index is -0.432. The van der Waals surface area contributed by atoms with E-state index < -0.39 is 5.97 Å². The third-order valence-electron chi connectivity index (χ3n) is 5.44. The number of nitrogens with zero attached hydrogens (tertiary/aromatic N) is 2. The van der Waals surface area contributed by atoms with Crippen molar-refractivity contribution in [2.75, 3.05) is 26.2 Å². The van der Waals surface area contributed by atoms with E-state index in [4.69, 9.17) is 4.74 Å². The summed E-state index contributed by atoms with van der Waals surface area (Å²) in [4.78, 5) is 40.4. The number of esters is 1. The van der Waals surface area contributed by atoms with Crippen LogP contribution in [0.25, 0.3) is 11.1 Å². The molecule has 6 heteroatoms. The van der Waals surface area contributed by atoms with Gasteiger partial charge >= 0.3 is 5.97 Å². The lowest BCUT2D eigenvalue weighted by atomic mass is 10.0. The SMILES string of the molecule is CC(=O)Oc1cccc(C(=O)N2CCN(C(=O)c3ccc(-c4ccccc4)cc3)CC2)c1. The van der Waals surface area contributed by atoms with Crippen LogP contribution in [0.2, 0.25) is 0 Å². The summed E-state index contributed by atoms with van der Waals surface area (Å²) in [6.07, 6.45) is 0. The van der Waals surface area contributed by atoms with Crippen LogP contribution in [-0.2, 0) is 4.79 Å². The van der Waals surface area contributed by atoms with Crippen molar-refractivity contribution < 1.29 is 19.1 Å². The summed E-state index contributed by atoms with van der Waals surface area (Å²) >= 11 is 0. The average molecular weight is 428 g/mol. The Morgan fingerprint density at radius 2 is 1.22 bits per heavy atom. The van der Waals surface area contributed by atoms with E-state index in [0.29, 0.717) is 43.1 Å². The molecule has 0 bridgehead atoms. The maximum Gasteiger partial charge on any atom is 0.308 e. The smallest absolute Gasteiger partial charge is 0.308 e. The number of hydrogen-bond donors (Lipinski definition) is 0. The Morgan fingerprint density at radius 3 is 1.81 bits per heavy atom. The van der Waals surface area contributed by atoms with Crippen LogP contribution in [0.1, 0.15) is 27.6 Å². The van der Waals surface area contributed by atoms with Crippen molar-refractivity contribution in [2.24, 2.45) is 0 Å². The van der Waals surface area contributed by atoms with E-state index in [2.05, 4.69) is 0 Å². The zero-order valence-electron chi connectivity index (χ0n) is 17.9. The second kappa shape index (κ2) is 9.47. The van der Waals surface area contributed by atoms with Gasteiger partial charge in [0.25, 0.3) is 11.8 Å². The molecule has 2 amide bonds. The van der Waals surface area contributed by atoms with Crippen LogP contribution in [0.5, 0.6) is 5.75 Å². The summed E-state index contributed by atoms with van der Waals surface area (Å²) in [5, 5.41) is 0. The van der Waals surface area contributed by atoms with E-state index in [-0.39, 0.29) is 11.8 Å². The number of benzene rings is 3.